The van der Waals surface area contributed by atoms with Crippen LogP contribution in [0, 0.1) is 5.82 Å². The number of sulfone groups is 1. The van der Waals surface area contributed by atoms with E-state index in [1.54, 1.807) is 0 Å². The molecule has 0 saturated heterocycles. The van der Waals surface area contributed by atoms with Gasteiger partial charge in [-0.3, -0.25) is 0 Å². The van der Waals surface area contributed by atoms with Crippen LogP contribution in [0.1, 0.15) is 6.42 Å². The topological polar surface area (TPSA) is 47.0 Å². The van der Waals surface area contributed by atoms with Gasteiger partial charge >= 0.3 is 0 Å². The average molecular weight is 238 g/mol. The fourth-order valence-corrected chi connectivity index (χ4v) is 2.41. The maximum atomic E-state index is 12.4. The molecular weight excluding hydrogens is 229 g/mol. The molecule has 0 atom stereocenters. The molecule has 1 rings (SSSR count). The lowest BCUT2D eigenvalue weighted by molar-refractivity contribution is 0.587. The van der Waals surface area contributed by atoms with Gasteiger partial charge in [0.1, 0.15) is 5.82 Å². The number of nitrogens with zero attached hydrogens (tertiary/aromatic N) is 1. The Morgan fingerprint density at radius 3 is 2.64 bits per heavy atom. The Balaban J connectivity index is 2.87. The lowest BCUT2D eigenvalue weighted by Gasteiger charge is -2.01. The highest BCUT2D eigenvalue weighted by atomic mass is 35.5. The van der Waals surface area contributed by atoms with Gasteiger partial charge in [-0.05, 0) is 18.6 Å². The minimum Gasteiger partial charge on any atom is -0.242 e. The van der Waals surface area contributed by atoms with Gasteiger partial charge in [-0.15, -0.1) is 11.6 Å². The highest BCUT2D eigenvalue weighted by molar-refractivity contribution is 7.91. The van der Waals surface area contributed by atoms with Crippen molar-refractivity contribution in [3.63, 3.8) is 0 Å². The van der Waals surface area contributed by atoms with Crippen LogP contribution in [0.15, 0.2) is 23.4 Å². The molecule has 1 aromatic rings. The van der Waals surface area contributed by atoms with E-state index in [0.717, 1.165) is 18.3 Å². The van der Waals surface area contributed by atoms with Gasteiger partial charge in [0.15, 0.2) is 14.9 Å². The van der Waals surface area contributed by atoms with Crippen molar-refractivity contribution in [3.8, 4) is 0 Å². The summed E-state index contributed by atoms with van der Waals surface area (Å²) in [5.41, 5.74) is 0. The molecule has 0 bridgehead atoms. The Morgan fingerprint density at radius 1 is 1.43 bits per heavy atom. The molecule has 6 heteroatoms. The molecule has 78 valence electrons. The zero-order valence-electron chi connectivity index (χ0n) is 7.28. The molecule has 0 amide bonds. The maximum absolute atomic E-state index is 12.4. The first-order valence-corrected chi connectivity index (χ1v) is 6.15. The van der Waals surface area contributed by atoms with E-state index in [1.165, 1.54) is 0 Å². The molecule has 1 aromatic heterocycles. The monoisotopic (exact) mass is 237 g/mol. The Hall–Kier alpha value is -0.680. The molecule has 0 spiro atoms. The van der Waals surface area contributed by atoms with Crippen LogP contribution in [0.2, 0.25) is 0 Å². The van der Waals surface area contributed by atoms with E-state index < -0.39 is 15.7 Å². The van der Waals surface area contributed by atoms with Crippen LogP contribution in [0.4, 0.5) is 4.39 Å². The van der Waals surface area contributed by atoms with Crippen LogP contribution in [-0.2, 0) is 9.84 Å². The third-order valence-corrected chi connectivity index (χ3v) is 3.54. The van der Waals surface area contributed by atoms with E-state index in [-0.39, 0.29) is 16.7 Å². The standard InChI is InChI=1S/C8H9ClFNO2S/c9-4-1-5-14(12,13)8-3-2-7(10)6-11-8/h2-3,6H,1,4-5H2. The molecular formula is C8H9ClFNO2S. The van der Waals surface area contributed by atoms with Crippen molar-refractivity contribution in [2.24, 2.45) is 0 Å². The van der Waals surface area contributed by atoms with Crippen LogP contribution in [0.25, 0.3) is 0 Å². The molecule has 0 aliphatic heterocycles. The highest BCUT2D eigenvalue weighted by Gasteiger charge is 2.14. The summed E-state index contributed by atoms with van der Waals surface area (Å²) in [4.78, 5) is 3.50. The van der Waals surface area contributed by atoms with Crippen LogP contribution >= 0.6 is 11.6 Å². The second kappa shape index (κ2) is 4.70. The number of aromatic nitrogens is 1. The van der Waals surface area contributed by atoms with Crippen LogP contribution in [-0.4, -0.2) is 25.0 Å². The molecule has 0 unspecified atom stereocenters. The SMILES string of the molecule is O=S(=O)(CCCCl)c1ccc(F)cn1. The largest absolute Gasteiger partial charge is 0.242 e. The molecule has 0 radical (unpaired) electrons. The smallest absolute Gasteiger partial charge is 0.195 e. The number of halogens is 2. The Kier molecular flexibility index (Phi) is 3.83. The summed E-state index contributed by atoms with van der Waals surface area (Å²) in [6.45, 7) is 0. The molecule has 14 heavy (non-hydrogen) atoms. The van der Waals surface area contributed by atoms with Gasteiger partial charge < -0.3 is 0 Å². The van der Waals surface area contributed by atoms with Gasteiger partial charge in [-0.2, -0.15) is 0 Å². The van der Waals surface area contributed by atoms with Crippen molar-refractivity contribution < 1.29 is 12.8 Å². The van der Waals surface area contributed by atoms with Crippen molar-refractivity contribution >= 4 is 21.4 Å². The molecule has 1 heterocycles. The highest BCUT2D eigenvalue weighted by Crippen LogP contribution is 2.09. The third-order valence-electron chi connectivity index (χ3n) is 1.57. The Bertz CT molecular complexity index is 390. The number of pyridine rings is 1. The van der Waals surface area contributed by atoms with Gasteiger partial charge in [-0.25, -0.2) is 17.8 Å². The first kappa shape index (κ1) is 11.4. The number of hydrogen-bond acceptors (Lipinski definition) is 3. The van der Waals surface area contributed by atoms with Gasteiger partial charge in [0.05, 0.1) is 11.9 Å². The van der Waals surface area contributed by atoms with E-state index in [9.17, 15) is 12.8 Å². The summed E-state index contributed by atoms with van der Waals surface area (Å²) in [6, 6.07) is 2.22. The van der Waals surface area contributed by atoms with E-state index in [4.69, 9.17) is 11.6 Å². The maximum Gasteiger partial charge on any atom is 0.195 e. The normalized spacial score (nSPS) is 11.6. The van der Waals surface area contributed by atoms with Crippen LogP contribution < -0.4 is 0 Å². The minimum atomic E-state index is -3.40. The van der Waals surface area contributed by atoms with E-state index in [1.807, 2.05) is 0 Å². The van der Waals surface area contributed by atoms with E-state index >= 15 is 0 Å². The number of rotatable bonds is 4. The van der Waals surface area contributed by atoms with Gasteiger partial charge in [0.2, 0.25) is 0 Å². The summed E-state index contributed by atoms with van der Waals surface area (Å²) in [6.07, 6.45) is 1.25. The molecule has 0 aromatic carbocycles. The fourth-order valence-electron chi connectivity index (χ4n) is 0.895. The molecule has 0 N–H and O–H groups in total. The van der Waals surface area contributed by atoms with Crippen LogP contribution in [0.3, 0.4) is 0 Å². The molecule has 3 nitrogen and oxygen atoms in total. The van der Waals surface area contributed by atoms with Gasteiger partial charge in [0.25, 0.3) is 0 Å². The quantitative estimate of drug-likeness (QED) is 0.748. The lowest BCUT2D eigenvalue weighted by Crippen LogP contribution is -2.09. The summed E-state index contributed by atoms with van der Waals surface area (Å²) in [5.74, 6) is -0.337. The van der Waals surface area contributed by atoms with Gasteiger partial charge in [-0.1, -0.05) is 0 Å². The minimum absolute atomic E-state index is 0.0604. The summed E-state index contributed by atoms with van der Waals surface area (Å²) in [7, 11) is -3.40. The van der Waals surface area contributed by atoms with Crippen molar-refractivity contribution in [1.82, 2.24) is 4.98 Å². The fraction of sp³-hybridized carbons (Fsp3) is 0.375. The van der Waals surface area contributed by atoms with Crippen molar-refractivity contribution in [3.05, 3.63) is 24.1 Å². The zero-order valence-corrected chi connectivity index (χ0v) is 8.85. The summed E-state index contributed by atoms with van der Waals surface area (Å²) >= 11 is 5.38. The second-order valence-corrected chi connectivity index (χ2v) is 5.11. The van der Waals surface area contributed by atoms with Gasteiger partial charge in [0, 0.05) is 5.88 Å². The Labute approximate surface area is 86.8 Å². The molecule has 0 saturated carbocycles. The molecule has 0 aliphatic carbocycles. The number of hydrogen-bond donors (Lipinski definition) is 0. The predicted octanol–water partition coefficient (Wildman–Crippen LogP) is 1.62. The van der Waals surface area contributed by atoms with Crippen molar-refractivity contribution in [2.45, 2.75) is 11.4 Å². The number of alkyl halides is 1. The van der Waals surface area contributed by atoms with Crippen LogP contribution in [0.5, 0.6) is 0 Å². The average Bonchev–Trinajstić information content (AvgIpc) is 2.16. The summed E-state index contributed by atoms with van der Waals surface area (Å²) < 4.78 is 35.4. The van der Waals surface area contributed by atoms with E-state index in [0.29, 0.717) is 6.42 Å². The summed E-state index contributed by atoms with van der Waals surface area (Å²) in [5, 5.41) is -0.107. The lowest BCUT2D eigenvalue weighted by atomic mass is 10.5. The zero-order chi connectivity index (χ0) is 10.6. The molecule has 0 aliphatic rings. The first-order chi connectivity index (χ1) is 6.56. The second-order valence-electron chi connectivity index (χ2n) is 2.68. The van der Waals surface area contributed by atoms with Crippen molar-refractivity contribution in [2.75, 3.05) is 11.6 Å². The molecule has 0 fully saturated rings. The predicted molar refractivity (Wildman–Crippen MR) is 51.6 cm³/mol. The Morgan fingerprint density at radius 2 is 2.14 bits per heavy atom. The first-order valence-electron chi connectivity index (χ1n) is 3.96. The van der Waals surface area contributed by atoms with Crippen molar-refractivity contribution in [1.29, 1.82) is 0 Å². The third kappa shape index (κ3) is 2.92. The van der Waals surface area contributed by atoms with E-state index in [2.05, 4.69) is 4.98 Å².